The summed E-state index contributed by atoms with van der Waals surface area (Å²) in [7, 11) is -2.08. The molecule has 1 rings (SSSR count). The summed E-state index contributed by atoms with van der Waals surface area (Å²) < 4.78 is 28.3. The highest BCUT2D eigenvalue weighted by Gasteiger charge is 2.13. The van der Waals surface area contributed by atoms with Gasteiger partial charge in [0.1, 0.15) is 0 Å². The van der Waals surface area contributed by atoms with E-state index in [2.05, 4.69) is 11.8 Å². The van der Waals surface area contributed by atoms with E-state index >= 15 is 0 Å². The molecule has 5 nitrogen and oxygen atoms in total. The molecule has 0 aliphatic carbocycles. The molecule has 0 aliphatic heterocycles. The minimum Gasteiger partial charge on any atom is -0.382 e. The first kappa shape index (κ1) is 15.1. The summed E-state index contributed by atoms with van der Waals surface area (Å²) >= 11 is 0. The summed E-state index contributed by atoms with van der Waals surface area (Å²) in [5.41, 5.74) is 1.12. The normalized spacial score (nSPS) is 11.7. The van der Waals surface area contributed by atoms with E-state index in [9.17, 15) is 8.42 Å². The van der Waals surface area contributed by atoms with E-state index in [0.717, 1.165) is 18.4 Å². The van der Waals surface area contributed by atoms with Crippen LogP contribution >= 0.6 is 0 Å². The van der Waals surface area contributed by atoms with E-state index < -0.39 is 10.0 Å². The van der Waals surface area contributed by atoms with Crippen molar-refractivity contribution in [1.82, 2.24) is 4.89 Å². The summed E-state index contributed by atoms with van der Waals surface area (Å²) in [4.78, 5) is 7.06. The minimum absolute atomic E-state index is 0.170. The van der Waals surface area contributed by atoms with Crippen LogP contribution in [-0.2, 0) is 26.0 Å². The molecule has 0 fully saturated rings. The maximum Gasteiger partial charge on any atom is 0.262 e. The highest BCUT2D eigenvalue weighted by atomic mass is 32.2. The fourth-order valence-electron chi connectivity index (χ4n) is 1.42. The van der Waals surface area contributed by atoms with Gasteiger partial charge in [0.25, 0.3) is 10.0 Å². The number of benzene rings is 1. The van der Waals surface area contributed by atoms with Crippen LogP contribution in [0.3, 0.4) is 0 Å². The second-order valence-electron chi connectivity index (χ2n) is 3.82. The molecule has 0 amide bonds. The van der Waals surface area contributed by atoms with Gasteiger partial charge in [-0.15, -0.1) is 0 Å². The van der Waals surface area contributed by atoms with Gasteiger partial charge in [0.15, 0.2) is 0 Å². The third-order valence-electron chi connectivity index (χ3n) is 2.33. The maximum atomic E-state index is 11.8. The topological polar surface area (TPSA) is 64.6 Å². The lowest BCUT2D eigenvalue weighted by Gasteiger charge is -2.07. The highest BCUT2D eigenvalue weighted by molar-refractivity contribution is 7.89. The number of aryl methyl sites for hydroxylation is 1. The van der Waals surface area contributed by atoms with E-state index in [1.807, 2.05) is 12.1 Å². The van der Waals surface area contributed by atoms with E-state index in [-0.39, 0.29) is 11.5 Å². The number of nitrogens with one attached hydrogen (secondary N) is 1. The Hall–Kier alpha value is -0.950. The van der Waals surface area contributed by atoms with Gasteiger partial charge in [0.05, 0.1) is 18.1 Å². The number of sulfonamides is 1. The summed E-state index contributed by atoms with van der Waals surface area (Å²) in [6.45, 7) is 2.58. The van der Waals surface area contributed by atoms with Crippen molar-refractivity contribution in [1.29, 1.82) is 0 Å². The molecule has 6 heteroatoms. The first-order chi connectivity index (χ1) is 8.60. The maximum absolute atomic E-state index is 11.8. The molecule has 1 aromatic rings. The lowest BCUT2D eigenvalue weighted by atomic mass is 10.1. The van der Waals surface area contributed by atoms with E-state index in [4.69, 9.17) is 9.57 Å². The number of hydrogen-bond donors (Lipinski definition) is 1. The number of rotatable bonds is 8. The fourth-order valence-corrected chi connectivity index (χ4v) is 2.25. The van der Waals surface area contributed by atoms with Gasteiger partial charge in [0, 0.05) is 7.11 Å². The molecule has 0 saturated carbocycles. The summed E-state index contributed by atoms with van der Waals surface area (Å²) in [5.74, 6) is 0. The Morgan fingerprint density at radius 1 is 1.17 bits per heavy atom. The van der Waals surface area contributed by atoms with Crippen molar-refractivity contribution in [3.05, 3.63) is 29.8 Å². The number of methoxy groups -OCH3 is 1. The van der Waals surface area contributed by atoms with Gasteiger partial charge in [-0.05, 0) is 24.1 Å². The van der Waals surface area contributed by atoms with Crippen LogP contribution in [0.4, 0.5) is 0 Å². The van der Waals surface area contributed by atoms with Crippen LogP contribution in [0.1, 0.15) is 18.9 Å². The van der Waals surface area contributed by atoms with Crippen molar-refractivity contribution >= 4 is 10.0 Å². The molecule has 0 heterocycles. The average molecular weight is 273 g/mol. The zero-order valence-corrected chi connectivity index (χ0v) is 11.5. The molecule has 0 aromatic heterocycles. The monoisotopic (exact) mass is 273 g/mol. The van der Waals surface area contributed by atoms with Crippen molar-refractivity contribution in [3.63, 3.8) is 0 Å². The zero-order chi connectivity index (χ0) is 13.4. The Morgan fingerprint density at radius 3 is 2.39 bits per heavy atom. The lowest BCUT2D eigenvalue weighted by Crippen LogP contribution is -2.25. The predicted octanol–water partition coefficient (Wildman–Crippen LogP) is 1.50. The van der Waals surface area contributed by atoms with Crippen molar-refractivity contribution in [3.8, 4) is 0 Å². The van der Waals surface area contributed by atoms with Crippen LogP contribution in [0.25, 0.3) is 0 Å². The largest absolute Gasteiger partial charge is 0.382 e. The smallest absolute Gasteiger partial charge is 0.262 e. The van der Waals surface area contributed by atoms with Crippen LogP contribution in [0.5, 0.6) is 0 Å². The second kappa shape index (κ2) is 7.48. The first-order valence-corrected chi connectivity index (χ1v) is 7.30. The molecule has 0 aliphatic rings. The average Bonchev–Trinajstić information content (AvgIpc) is 2.36. The Labute approximate surface area is 108 Å². The van der Waals surface area contributed by atoms with E-state index in [0.29, 0.717) is 6.61 Å². The van der Waals surface area contributed by atoms with Crippen molar-refractivity contribution in [2.75, 3.05) is 20.3 Å². The Kier molecular flexibility index (Phi) is 6.28. The van der Waals surface area contributed by atoms with Crippen molar-refractivity contribution < 1.29 is 18.0 Å². The zero-order valence-electron chi connectivity index (χ0n) is 10.7. The van der Waals surface area contributed by atoms with Gasteiger partial charge in [-0.3, -0.25) is 4.84 Å². The van der Waals surface area contributed by atoms with E-state index in [1.165, 1.54) is 7.11 Å². The fraction of sp³-hybridized carbons (Fsp3) is 0.500. The van der Waals surface area contributed by atoms with Crippen LogP contribution in [-0.4, -0.2) is 28.7 Å². The molecule has 0 saturated heterocycles. The summed E-state index contributed by atoms with van der Waals surface area (Å²) in [6, 6.07) is 6.78. The molecule has 18 heavy (non-hydrogen) atoms. The second-order valence-corrected chi connectivity index (χ2v) is 5.47. The van der Waals surface area contributed by atoms with Gasteiger partial charge in [0.2, 0.25) is 0 Å². The number of hydrogen-bond acceptors (Lipinski definition) is 4. The lowest BCUT2D eigenvalue weighted by molar-refractivity contribution is 0.0438. The minimum atomic E-state index is -3.60. The van der Waals surface area contributed by atoms with Gasteiger partial charge in [-0.1, -0.05) is 30.4 Å². The molecule has 102 valence electrons. The van der Waals surface area contributed by atoms with Gasteiger partial charge in [-0.25, -0.2) is 8.42 Å². The molecule has 0 radical (unpaired) electrons. The summed E-state index contributed by atoms with van der Waals surface area (Å²) in [5, 5.41) is 0. The van der Waals surface area contributed by atoms with Crippen molar-refractivity contribution in [2.24, 2.45) is 0 Å². The SMILES string of the molecule is CCCc1ccc(S(=O)(=O)NOCCOC)cc1. The first-order valence-electron chi connectivity index (χ1n) is 5.81. The molecule has 1 aromatic carbocycles. The molecule has 1 N–H and O–H groups in total. The van der Waals surface area contributed by atoms with Gasteiger partial charge in [-0.2, -0.15) is 0 Å². The van der Waals surface area contributed by atoms with Gasteiger partial charge >= 0.3 is 0 Å². The molecular formula is C12H19NO4S. The molecule has 0 unspecified atom stereocenters. The Bertz CT molecular complexity index is 442. The van der Waals surface area contributed by atoms with Crippen LogP contribution in [0.15, 0.2) is 29.2 Å². The Balaban J connectivity index is 2.61. The van der Waals surface area contributed by atoms with E-state index in [1.54, 1.807) is 12.1 Å². The molecule has 0 spiro atoms. The standard InChI is InChI=1S/C12H19NO4S/c1-3-4-11-5-7-12(8-6-11)18(14,15)13-17-10-9-16-2/h5-8,13H,3-4,9-10H2,1-2H3. The number of ether oxygens (including phenoxy) is 1. The Morgan fingerprint density at radius 2 is 1.83 bits per heavy atom. The third-order valence-corrected chi connectivity index (χ3v) is 3.56. The summed E-state index contributed by atoms with van der Waals surface area (Å²) in [6.07, 6.45) is 1.97. The van der Waals surface area contributed by atoms with Crippen LogP contribution in [0, 0.1) is 0 Å². The highest BCUT2D eigenvalue weighted by Crippen LogP contribution is 2.11. The molecule has 0 atom stereocenters. The third kappa shape index (κ3) is 4.73. The quantitative estimate of drug-likeness (QED) is 0.576. The van der Waals surface area contributed by atoms with Crippen molar-refractivity contribution in [2.45, 2.75) is 24.7 Å². The molecular weight excluding hydrogens is 254 g/mol. The molecule has 0 bridgehead atoms. The predicted molar refractivity (Wildman–Crippen MR) is 68.6 cm³/mol. The van der Waals surface area contributed by atoms with Crippen LogP contribution in [0.2, 0.25) is 0 Å². The van der Waals surface area contributed by atoms with Crippen LogP contribution < -0.4 is 4.89 Å². The van der Waals surface area contributed by atoms with Gasteiger partial charge < -0.3 is 4.74 Å².